The van der Waals surface area contributed by atoms with Crippen molar-refractivity contribution in [2.75, 3.05) is 10.6 Å². The third-order valence-electron chi connectivity index (χ3n) is 3.89. The Hall–Kier alpha value is -3.86. The highest BCUT2D eigenvalue weighted by atomic mass is 32.1. The molecule has 11 heteroatoms. The van der Waals surface area contributed by atoms with Gasteiger partial charge in [-0.15, -0.1) is 0 Å². The summed E-state index contributed by atoms with van der Waals surface area (Å²) < 4.78 is 43.8. The SMILES string of the molecule is O=C(Nc1nc(-c2cc(F)c(F)c(F)c2)ns1)c1ccc(Nc2ccncn2)cc1. The lowest BCUT2D eigenvalue weighted by atomic mass is 10.2. The van der Waals surface area contributed by atoms with Crippen molar-refractivity contribution in [2.45, 2.75) is 0 Å². The molecule has 150 valence electrons. The van der Waals surface area contributed by atoms with Gasteiger partial charge in [0.15, 0.2) is 23.3 Å². The fraction of sp³-hybridized carbons (Fsp3) is 0. The average molecular weight is 428 g/mol. The van der Waals surface area contributed by atoms with Crippen molar-refractivity contribution in [3.05, 3.63) is 78.0 Å². The van der Waals surface area contributed by atoms with Crippen LogP contribution in [0.5, 0.6) is 0 Å². The first kappa shape index (κ1) is 19.5. The minimum absolute atomic E-state index is 0.0301. The molecule has 4 rings (SSSR count). The number of hydrogen-bond acceptors (Lipinski definition) is 7. The number of rotatable bonds is 5. The van der Waals surface area contributed by atoms with Crippen LogP contribution in [0, 0.1) is 17.5 Å². The highest BCUT2D eigenvalue weighted by molar-refractivity contribution is 7.10. The van der Waals surface area contributed by atoms with Crippen LogP contribution in [0.4, 0.5) is 29.8 Å². The molecule has 0 spiro atoms. The summed E-state index contributed by atoms with van der Waals surface area (Å²) in [4.78, 5) is 24.3. The summed E-state index contributed by atoms with van der Waals surface area (Å²) in [6.07, 6.45) is 3.01. The number of carbonyl (C=O) groups is 1. The molecule has 0 radical (unpaired) electrons. The summed E-state index contributed by atoms with van der Waals surface area (Å²) in [5, 5.41) is 5.75. The molecule has 7 nitrogen and oxygen atoms in total. The topological polar surface area (TPSA) is 92.7 Å². The molecule has 2 N–H and O–H groups in total. The van der Waals surface area contributed by atoms with Crippen LogP contribution in [0.25, 0.3) is 11.4 Å². The van der Waals surface area contributed by atoms with Crippen molar-refractivity contribution in [3.8, 4) is 11.4 Å². The largest absolute Gasteiger partial charge is 0.340 e. The Kier molecular flexibility index (Phi) is 5.35. The Morgan fingerprint density at radius 3 is 2.40 bits per heavy atom. The van der Waals surface area contributed by atoms with Gasteiger partial charge in [0.05, 0.1) is 0 Å². The molecular weight excluding hydrogens is 417 g/mol. The van der Waals surface area contributed by atoms with Crippen LogP contribution in [0.2, 0.25) is 0 Å². The molecule has 0 saturated carbocycles. The predicted molar refractivity (Wildman–Crippen MR) is 105 cm³/mol. The molecule has 2 aromatic heterocycles. The van der Waals surface area contributed by atoms with Gasteiger partial charge in [-0.05, 0) is 42.5 Å². The normalized spacial score (nSPS) is 10.6. The van der Waals surface area contributed by atoms with E-state index in [2.05, 4.69) is 30.0 Å². The Morgan fingerprint density at radius 1 is 1.00 bits per heavy atom. The third-order valence-corrected chi connectivity index (χ3v) is 4.52. The molecule has 2 aromatic carbocycles. The molecule has 30 heavy (non-hydrogen) atoms. The van der Waals surface area contributed by atoms with Crippen molar-refractivity contribution in [1.29, 1.82) is 0 Å². The fourth-order valence-corrected chi connectivity index (χ4v) is 3.05. The molecule has 2 heterocycles. The maximum absolute atomic E-state index is 13.4. The quantitative estimate of drug-likeness (QED) is 0.458. The number of amides is 1. The Bertz CT molecular complexity index is 1180. The number of hydrogen-bond donors (Lipinski definition) is 2. The minimum atomic E-state index is -1.57. The lowest BCUT2D eigenvalue weighted by molar-refractivity contribution is 0.102. The molecule has 0 aliphatic rings. The first-order valence-electron chi connectivity index (χ1n) is 8.42. The van der Waals surface area contributed by atoms with Gasteiger partial charge in [-0.2, -0.15) is 9.36 Å². The Balaban J connectivity index is 1.44. The van der Waals surface area contributed by atoms with E-state index in [-0.39, 0.29) is 16.5 Å². The van der Waals surface area contributed by atoms with E-state index in [9.17, 15) is 18.0 Å². The van der Waals surface area contributed by atoms with Gasteiger partial charge < -0.3 is 5.32 Å². The lowest BCUT2D eigenvalue weighted by Crippen LogP contribution is -2.11. The van der Waals surface area contributed by atoms with Gasteiger partial charge >= 0.3 is 0 Å². The zero-order chi connectivity index (χ0) is 21.1. The number of halogens is 3. The van der Waals surface area contributed by atoms with Crippen LogP contribution >= 0.6 is 11.5 Å². The fourth-order valence-electron chi connectivity index (χ4n) is 2.46. The van der Waals surface area contributed by atoms with Crippen LogP contribution in [0.1, 0.15) is 10.4 Å². The zero-order valence-electron chi connectivity index (χ0n) is 14.9. The van der Waals surface area contributed by atoms with E-state index in [4.69, 9.17) is 0 Å². The smallest absolute Gasteiger partial charge is 0.257 e. The summed E-state index contributed by atoms with van der Waals surface area (Å²) >= 11 is 0.830. The molecule has 0 atom stereocenters. The van der Waals surface area contributed by atoms with Gasteiger partial charge in [-0.25, -0.2) is 23.1 Å². The molecule has 0 unspecified atom stereocenters. The van der Waals surface area contributed by atoms with Crippen molar-refractivity contribution >= 4 is 34.1 Å². The summed E-state index contributed by atoms with van der Waals surface area (Å²) in [6, 6.07) is 9.88. The van der Waals surface area contributed by atoms with E-state index in [1.165, 1.54) is 6.33 Å². The second-order valence-electron chi connectivity index (χ2n) is 5.93. The first-order valence-corrected chi connectivity index (χ1v) is 9.20. The van der Waals surface area contributed by atoms with E-state index >= 15 is 0 Å². The first-order chi connectivity index (χ1) is 14.5. The molecular formula is C19H11F3N6OS. The Morgan fingerprint density at radius 2 is 1.73 bits per heavy atom. The van der Waals surface area contributed by atoms with Crippen LogP contribution in [0.15, 0.2) is 55.0 Å². The molecule has 0 fully saturated rings. The standard InChI is InChI=1S/C19H11F3N6OS/c20-13-7-11(8-14(21)16(13)22)17-26-19(30-28-17)27-18(29)10-1-3-12(4-2-10)25-15-5-6-23-9-24-15/h1-9H,(H,23,24,25)(H,26,27,28,29). The van der Waals surface area contributed by atoms with Gasteiger partial charge in [0.1, 0.15) is 12.1 Å². The van der Waals surface area contributed by atoms with Crippen LogP contribution in [-0.2, 0) is 0 Å². The third kappa shape index (κ3) is 4.25. The predicted octanol–water partition coefficient (Wildman–Crippen LogP) is 4.41. The van der Waals surface area contributed by atoms with Crippen molar-refractivity contribution in [1.82, 2.24) is 19.3 Å². The van der Waals surface area contributed by atoms with Gasteiger partial charge in [0.2, 0.25) is 5.13 Å². The molecule has 0 saturated heterocycles. The summed E-state index contributed by atoms with van der Waals surface area (Å²) in [5.74, 6) is -4.13. The number of nitrogens with one attached hydrogen (secondary N) is 2. The molecule has 0 aliphatic carbocycles. The summed E-state index contributed by atoms with van der Waals surface area (Å²) in [6.45, 7) is 0. The van der Waals surface area contributed by atoms with E-state index < -0.39 is 23.4 Å². The molecule has 0 aliphatic heterocycles. The van der Waals surface area contributed by atoms with Gasteiger partial charge in [0.25, 0.3) is 5.91 Å². The van der Waals surface area contributed by atoms with Crippen LogP contribution in [-0.4, -0.2) is 25.2 Å². The number of carbonyl (C=O) groups excluding carboxylic acids is 1. The molecule has 4 aromatic rings. The minimum Gasteiger partial charge on any atom is -0.340 e. The second-order valence-corrected chi connectivity index (χ2v) is 6.68. The number of aromatic nitrogens is 4. The highest BCUT2D eigenvalue weighted by Crippen LogP contribution is 2.25. The van der Waals surface area contributed by atoms with Crippen molar-refractivity contribution in [3.63, 3.8) is 0 Å². The van der Waals surface area contributed by atoms with Crippen LogP contribution < -0.4 is 10.6 Å². The van der Waals surface area contributed by atoms with Crippen molar-refractivity contribution < 1.29 is 18.0 Å². The van der Waals surface area contributed by atoms with Gasteiger partial charge in [-0.1, -0.05) is 0 Å². The van der Waals surface area contributed by atoms with E-state index in [1.807, 2.05) is 0 Å². The van der Waals surface area contributed by atoms with Gasteiger partial charge in [-0.3, -0.25) is 10.1 Å². The molecule has 1 amide bonds. The zero-order valence-corrected chi connectivity index (χ0v) is 15.8. The maximum atomic E-state index is 13.4. The van der Waals surface area contributed by atoms with Gasteiger partial charge in [0, 0.05) is 34.5 Å². The number of benzene rings is 2. The monoisotopic (exact) mass is 428 g/mol. The lowest BCUT2D eigenvalue weighted by Gasteiger charge is -2.06. The number of anilines is 3. The Labute approximate surface area is 171 Å². The number of nitrogens with zero attached hydrogens (tertiary/aromatic N) is 4. The van der Waals surface area contributed by atoms with Crippen LogP contribution in [0.3, 0.4) is 0 Å². The second kappa shape index (κ2) is 8.25. The summed E-state index contributed by atoms with van der Waals surface area (Å²) in [7, 11) is 0. The molecule has 0 bridgehead atoms. The van der Waals surface area contributed by atoms with E-state index in [0.29, 0.717) is 11.4 Å². The van der Waals surface area contributed by atoms with E-state index in [0.717, 1.165) is 29.4 Å². The maximum Gasteiger partial charge on any atom is 0.257 e. The van der Waals surface area contributed by atoms with E-state index in [1.54, 1.807) is 36.5 Å². The highest BCUT2D eigenvalue weighted by Gasteiger charge is 2.16. The average Bonchev–Trinajstić information content (AvgIpc) is 3.21. The van der Waals surface area contributed by atoms with Crippen molar-refractivity contribution in [2.24, 2.45) is 0 Å². The summed E-state index contributed by atoms with van der Waals surface area (Å²) in [5.41, 5.74) is 1.05.